The number of carboxylic acid groups (broad SMARTS) is 1. The van der Waals surface area contributed by atoms with Crippen molar-refractivity contribution in [2.24, 2.45) is 0 Å². The summed E-state index contributed by atoms with van der Waals surface area (Å²) in [4.78, 5) is 68.5. The van der Waals surface area contributed by atoms with Gasteiger partial charge in [0.25, 0.3) is 0 Å². The third kappa shape index (κ3) is 11.0. The topological polar surface area (TPSA) is 136 Å². The Morgan fingerprint density at radius 3 is 2.09 bits per heavy atom. The fraction of sp³-hybridized carbons (Fsp3) is 0.514. The number of carboxylic acids is 1. The first-order valence-electron chi connectivity index (χ1n) is 16.2. The number of nitrogens with zero attached hydrogens (tertiary/aromatic N) is 2. The minimum Gasteiger partial charge on any atom is -0.481 e. The van der Waals surface area contributed by atoms with Crippen molar-refractivity contribution in [1.29, 1.82) is 0 Å². The number of nitrogens with one attached hydrogen (secondary N) is 2. The Bertz CT molecular complexity index is 1260. The van der Waals surface area contributed by atoms with Crippen LogP contribution in [0.3, 0.4) is 0 Å². The highest BCUT2D eigenvalue weighted by Crippen LogP contribution is 2.24. The van der Waals surface area contributed by atoms with E-state index in [0.29, 0.717) is 51.6 Å². The van der Waals surface area contributed by atoms with Crippen LogP contribution in [0.25, 0.3) is 0 Å². The third-order valence-electron chi connectivity index (χ3n) is 8.25. The summed E-state index contributed by atoms with van der Waals surface area (Å²) >= 11 is 0. The summed E-state index contributed by atoms with van der Waals surface area (Å²) < 4.78 is 0. The highest BCUT2D eigenvalue weighted by atomic mass is 16.4. The Balaban J connectivity index is 1.81. The summed E-state index contributed by atoms with van der Waals surface area (Å²) in [6, 6.07) is 16.6. The second kappa shape index (κ2) is 18.6. The molecule has 3 rings (SSSR count). The van der Waals surface area contributed by atoms with E-state index in [9.17, 15) is 24.0 Å². The number of carbonyl (C=O) groups is 5. The predicted octanol–water partition coefficient (Wildman–Crippen LogP) is 3.73. The first kappa shape index (κ1) is 35.3. The zero-order valence-electron chi connectivity index (χ0n) is 26.6. The van der Waals surface area contributed by atoms with Gasteiger partial charge in [0.15, 0.2) is 0 Å². The number of amides is 4. The highest BCUT2D eigenvalue weighted by molar-refractivity contribution is 5.97. The van der Waals surface area contributed by atoms with E-state index in [1.165, 1.54) is 9.80 Å². The van der Waals surface area contributed by atoms with Crippen molar-refractivity contribution < 1.29 is 29.1 Å². The molecule has 45 heavy (non-hydrogen) atoms. The molecule has 0 saturated carbocycles. The largest absolute Gasteiger partial charge is 0.481 e. The molecule has 4 amide bonds. The monoisotopic (exact) mass is 620 g/mol. The lowest BCUT2D eigenvalue weighted by Crippen LogP contribution is -2.69. The molecular weight excluding hydrogens is 572 g/mol. The lowest BCUT2D eigenvalue weighted by atomic mass is 9.97. The Morgan fingerprint density at radius 2 is 1.47 bits per heavy atom. The molecule has 3 N–H and O–H groups in total. The normalized spacial score (nSPS) is 17.1. The minimum absolute atomic E-state index is 0.0795. The van der Waals surface area contributed by atoms with Crippen LogP contribution in [0.5, 0.6) is 0 Å². The molecule has 10 heteroatoms. The maximum Gasteiger partial charge on any atom is 0.303 e. The van der Waals surface area contributed by atoms with Gasteiger partial charge >= 0.3 is 5.97 Å². The van der Waals surface area contributed by atoms with Crippen LogP contribution in [0.1, 0.15) is 76.3 Å². The smallest absolute Gasteiger partial charge is 0.303 e. The molecule has 1 saturated heterocycles. The number of unbranched alkanes of at least 4 members (excludes halogenated alkanes) is 3. The quantitative estimate of drug-likeness (QED) is 0.217. The van der Waals surface area contributed by atoms with Crippen LogP contribution in [-0.4, -0.2) is 82.3 Å². The van der Waals surface area contributed by atoms with Crippen molar-refractivity contribution in [3.8, 4) is 0 Å². The van der Waals surface area contributed by atoms with Crippen LogP contribution in [0, 0.1) is 0 Å². The Hall–Kier alpha value is -4.21. The molecule has 0 radical (unpaired) electrons. The van der Waals surface area contributed by atoms with Gasteiger partial charge in [0.2, 0.25) is 23.6 Å². The van der Waals surface area contributed by atoms with Gasteiger partial charge in [-0.05, 0) is 56.6 Å². The molecule has 3 atom stereocenters. The lowest BCUT2D eigenvalue weighted by Gasteiger charge is -2.46. The SMILES string of the molecule is CCCCNC(=O)C1CN(C(CCc2ccccc2)C(=O)NCCCCCC(=O)O)C(=O)C(C)N1C(=O)CCc1ccccc1. The average molecular weight is 621 g/mol. The second-order valence-corrected chi connectivity index (χ2v) is 11.6. The molecule has 2 aromatic rings. The molecule has 1 heterocycles. The van der Waals surface area contributed by atoms with Crippen LogP contribution >= 0.6 is 0 Å². The van der Waals surface area contributed by atoms with Gasteiger partial charge in [0.1, 0.15) is 18.1 Å². The summed E-state index contributed by atoms with van der Waals surface area (Å²) in [5.74, 6) is -2.14. The van der Waals surface area contributed by atoms with E-state index in [1.807, 2.05) is 67.6 Å². The number of hydrogen-bond donors (Lipinski definition) is 3. The van der Waals surface area contributed by atoms with Crippen molar-refractivity contribution in [2.45, 2.75) is 96.2 Å². The maximum atomic E-state index is 13.9. The molecule has 244 valence electrons. The number of carbonyl (C=O) groups excluding carboxylic acids is 4. The predicted molar refractivity (Wildman–Crippen MR) is 172 cm³/mol. The van der Waals surface area contributed by atoms with E-state index >= 15 is 0 Å². The van der Waals surface area contributed by atoms with Crippen LogP contribution in [0.4, 0.5) is 0 Å². The average Bonchev–Trinajstić information content (AvgIpc) is 3.04. The molecule has 0 spiro atoms. The molecule has 3 unspecified atom stereocenters. The van der Waals surface area contributed by atoms with E-state index in [-0.39, 0.29) is 43.0 Å². The van der Waals surface area contributed by atoms with Crippen LogP contribution in [0.2, 0.25) is 0 Å². The molecule has 10 nitrogen and oxygen atoms in total. The highest BCUT2D eigenvalue weighted by Gasteiger charge is 2.46. The fourth-order valence-electron chi connectivity index (χ4n) is 5.69. The molecule has 0 bridgehead atoms. The van der Waals surface area contributed by atoms with Gasteiger partial charge in [-0.25, -0.2) is 0 Å². The van der Waals surface area contributed by atoms with E-state index in [2.05, 4.69) is 10.6 Å². The second-order valence-electron chi connectivity index (χ2n) is 11.6. The van der Waals surface area contributed by atoms with Crippen molar-refractivity contribution in [2.75, 3.05) is 19.6 Å². The first-order chi connectivity index (χ1) is 21.7. The van der Waals surface area contributed by atoms with Gasteiger partial charge in [0, 0.05) is 25.9 Å². The van der Waals surface area contributed by atoms with Crippen molar-refractivity contribution in [1.82, 2.24) is 20.4 Å². The van der Waals surface area contributed by atoms with Crippen molar-refractivity contribution in [3.05, 3.63) is 71.8 Å². The Labute approximate surface area is 266 Å². The van der Waals surface area contributed by atoms with Crippen LogP contribution < -0.4 is 10.6 Å². The third-order valence-corrected chi connectivity index (χ3v) is 8.25. The van der Waals surface area contributed by atoms with Gasteiger partial charge in [-0.3, -0.25) is 24.0 Å². The molecule has 1 aliphatic rings. The molecule has 0 aliphatic carbocycles. The van der Waals surface area contributed by atoms with E-state index < -0.39 is 24.1 Å². The molecule has 2 aromatic carbocycles. The van der Waals surface area contributed by atoms with Gasteiger partial charge in [-0.2, -0.15) is 0 Å². The van der Waals surface area contributed by atoms with E-state index in [4.69, 9.17) is 5.11 Å². The van der Waals surface area contributed by atoms with Crippen molar-refractivity contribution >= 4 is 29.6 Å². The standard InChI is InChI=1S/C35H48N4O6/c1-3-4-23-36-34(44)30-25-38(35(45)26(2)39(30)31(40)22-20-28-16-10-6-11-17-28)29(21-19-27-14-8-5-9-15-27)33(43)37-24-13-7-12-18-32(41)42/h5-6,8-11,14-17,26,29-30H,3-4,7,12-13,18-25H2,1-2H3,(H,36,44)(H,37,43)(H,41,42). The zero-order chi connectivity index (χ0) is 32.6. The molecule has 0 aromatic heterocycles. The molecule has 1 aliphatic heterocycles. The summed E-state index contributed by atoms with van der Waals surface area (Å²) in [6.45, 7) is 4.39. The summed E-state index contributed by atoms with van der Waals surface area (Å²) in [5, 5.41) is 14.7. The van der Waals surface area contributed by atoms with Crippen molar-refractivity contribution in [3.63, 3.8) is 0 Å². The van der Waals surface area contributed by atoms with Gasteiger partial charge in [-0.1, -0.05) is 80.4 Å². The number of hydrogen-bond acceptors (Lipinski definition) is 5. The zero-order valence-corrected chi connectivity index (χ0v) is 26.6. The van der Waals surface area contributed by atoms with E-state index in [0.717, 1.165) is 24.0 Å². The molecule has 1 fully saturated rings. The number of rotatable bonds is 18. The van der Waals surface area contributed by atoms with E-state index in [1.54, 1.807) is 6.92 Å². The first-order valence-corrected chi connectivity index (χ1v) is 16.2. The summed E-state index contributed by atoms with van der Waals surface area (Å²) in [5.41, 5.74) is 2.01. The Kier molecular flexibility index (Phi) is 14.6. The van der Waals surface area contributed by atoms with Gasteiger partial charge < -0.3 is 25.5 Å². The summed E-state index contributed by atoms with van der Waals surface area (Å²) in [7, 11) is 0. The summed E-state index contributed by atoms with van der Waals surface area (Å²) in [6.07, 6.45) is 5.07. The minimum atomic E-state index is -0.930. The Morgan fingerprint density at radius 1 is 0.844 bits per heavy atom. The number of aliphatic carboxylic acids is 1. The maximum absolute atomic E-state index is 13.9. The number of piperazine rings is 1. The van der Waals surface area contributed by atoms with Crippen LogP contribution in [-0.2, 0) is 36.8 Å². The molecular formula is C35H48N4O6. The van der Waals surface area contributed by atoms with Crippen LogP contribution in [0.15, 0.2) is 60.7 Å². The fourth-order valence-corrected chi connectivity index (χ4v) is 5.69. The number of aryl methyl sites for hydroxylation is 2. The van der Waals surface area contributed by atoms with Gasteiger partial charge in [0.05, 0.1) is 6.54 Å². The number of benzene rings is 2. The lowest BCUT2D eigenvalue weighted by molar-refractivity contribution is -0.162. The van der Waals surface area contributed by atoms with Gasteiger partial charge in [-0.15, -0.1) is 0 Å².